The molecule has 2 heteroatoms. The van der Waals surface area contributed by atoms with Crippen LogP contribution in [0.5, 0.6) is 0 Å². The lowest BCUT2D eigenvalue weighted by Crippen LogP contribution is -2.12. The minimum Gasteiger partial charge on any atom is -0.392 e. The number of aryl methyl sites for hydroxylation is 2. The van der Waals surface area contributed by atoms with Gasteiger partial charge in [0.25, 0.3) is 0 Å². The van der Waals surface area contributed by atoms with E-state index in [0.717, 1.165) is 11.3 Å². The Kier molecular flexibility index (Phi) is 4.68. The maximum atomic E-state index is 9.36. The molecule has 0 unspecified atom stereocenters. The largest absolute Gasteiger partial charge is 0.392 e. The second kappa shape index (κ2) is 6.90. The van der Waals surface area contributed by atoms with Crippen LogP contribution in [0.2, 0.25) is 0 Å². The molecule has 122 valence electrons. The van der Waals surface area contributed by atoms with Crippen molar-refractivity contribution in [2.45, 2.75) is 20.5 Å². The Bertz CT molecular complexity index is 799. The molecule has 0 aromatic heterocycles. The highest BCUT2D eigenvalue weighted by molar-refractivity contribution is 5.72. The monoisotopic (exact) mass is 317 g/mol. The summed E-state index contributed by atoms with van der Waals surface area (Å²) in [7, 11) is 2.09. The zero-order valence-electron chi connectivity index (χ0n) is 14.5. The molecule has 0 radical (unpaired) electrons. The number of nitrogens with zero attached hydrogens (tertiary/aromatic N) is 1. The molecule has 0 saturated heterocycles. The van der Waals surface area contributed by atoms with Crippen LogP contribution in [0, 0.1) is 13.8 Å². The predicted molar refractivity (Wildman–Crippen MR) is 102 cm³/mol. The van der Waals surface area contributed by atoms with Crippen molar-refractivity contribution in [2.75, 3.05) is 11.9 Å². The number of benzene rings is 3. The van der Waals surface area contributed by atoms with Crippen molar-refractivity contribution in [3.8, 4) is 11.1 Å². The summed E-state index contributed by atoms with van der Waals surface area (Å²) < 4.78 is 0. The van der Waals surface area contributed by atoms with Crippen LogP contribution in [0.25, 0.3) is 11.1 Å². The van der Waals surface area contributed by atoms with E-state index in [2.05, 4.69) is 86.5 Å². The smallest absolute Gasteiger partial charge is 0.0682 e. The lowest BCUT2D eigenvalue weighted by atomic mass is 10.0. The summed E-state index contributed by atoms with van der Waals surface area (Å²) in [6, 6.07) is 23.1. The number of rotatable bonds is 4. The number of hydrogen-bond acceptors (Lipinski definition) is 2. The zero-order valence-corrected chi connectivity index (χ0v) is 14.5. The molecule has 24 heavy (non-hydrogen) atoms. The fourth-order valence-corrected chi connectivity index (χ4v) is 3.30. The Morgan fingerprint density at radius 3 is 1.88 bits per heavy atom. The standard InChI is InChI=1S/C22H23NO/c1-16-13-18(15-24)14-17(2)22(16)23(3)21-11-9-20(10-12-21)19-7-5-4-6-8-19/h4-14,24H,15H2,1-3H3. The van der Waals surface area contributed by atoms with Crippen LogP contribution in [0.3, 0.4) is 0 Å². The molecule has 0 aliphatic rings. The molecule has 0 bridgehead atoms. The highest BCUT2D eigenvalue weighted by Gasteiger charge is 2.11. The van der Waals surface area contributed by atoms with E-state index in [4.69, 9.17) is 0 Å². The van der Waals surface area contributed by atoms with Gasteiger partial charge in [0.05, 0.1) is 6.61 Å². The quantitative estimate of drug-likeness (QED) is 0.712. The maximum absolute atomic E-state index is 9.36. The van der Waals surface area contributed by atoms with E-state index >= 15 is 0 Å². The van der Waals surface area contributed by atoms with Gasteiger partial charge in [-0.1, -0.05) is 54.6 Å². The molecule has 3 aromatic rings. The van der Waals surface area contributed by atoms with Gasteiger partial charge < -0.3 is 10.0 Å². The first-order valence-electron chi connectivity index (χ1n) is 8.20. The first-order chi connectivity index (χ1) is 11.6. The summed E-state index contributed by atoms with van der Waals surface area (Å²) in [6.07, 6.45) is 0. The van der Waals surface area contributed by atoms with Crippen molar-refractivity contribution in [1.29, 1.82) is 0 Å². The molecule has 0 spiro atoms. The highest BCUT2D eigenvalue weighted by atomic mass is 16.3. The van der Waals surface area contributed by atoms with Gasteiger partial charge in [-0.25, -0.2) is 0 Å². The highest BCUT2D eigenvalue weighted by Crippen LogP contribution is 2.32. The number of hydrogen-bond donors (Lipinski definition) is 1. The van der Waals surface area contributed by atoms with E-state index in [9.17, 15) is 5.11 Å². The van der Waals surface area contributed by atoms with Gasteiger partial charge in [-0.3, -0.25) is 0 Å². The summed E-state index contributed by atoms with van der Waals surface area (Å²) in [4.78, 5) is 2.21. The third kappa shape index (κ3) is 3.19. The summed E-state index contributed by atoms with van der Waals surface area (Å²) in [5.74, 6) is 0. The number of anilines is 2. The van der Waals surface area contributed by atoms with Crippen LogP contribution in [-0.2, 0) is 6.61 Å². The fourth-order valence-electron chi connectivity index (χ4n) is 3.30. The Morgan fingerprint density at radius 1 is 0.792 bits per heavy atom. The lowest BCUT2D eigenvalue weighted by molar-refractivity contribution is 0.281. The topological polar surface area (TPSA) is 23.5 Å². The molecule has 0 heterocycles. The van der Waals surface area contributed by atoms with Gasteiger partial charge in [0.1, 0.15) is 0 Å². The zero-order chi connectivity index (χ0) is 17.1. The molecule has 0 fully saturated rings. The Hall–Kier alpha value is -2.58. The Labute approximate surface area is 144 Å². The number of aliphatic hydroxyl groups excluding tert-OH is 1. The van der Waals surface area contributed by atoms with Crippen molar-refractivity contribution in [1.82, 2.24) is 0 Å². The molecule has 0 amide bonds. The molecule has 0 atom stereocenters. The summed E-state index contributed by atoms with van der Waals surface area (Å²) in [5.41, 5.74) is 8.10. The average Bonchev–Trinajstić information content (AvgIpc) is 2.61. The molecular formula is C22H23NO. The first-order valence-corrected chi connectivity index (χ1v) is 8.20. The van der Waals surface area contributed by atoms with E-state index in [1.807, 2.05) is 6.07 Å². The van der Waals surface area contributed by atoms with Crippen LogP contribution in [-0.4, -0.2) is 12.2 Å². The van der Waals surface area contributed by atoms with Gasteiger partial charge in [-0.05, 0) is 53.8 Å². The molecule has 3 aromatic carbocycles. The van der Waals surface area contributed by atoms with Gasteiger partial charge in [0.15, 0.2) is 0 Å². The minimum absolute atomic E-state index is 0.0808. The third-order valence-corrected chi connectivity index (χ3v) is 4.43. The second-order valence-electron chi connectivity index (χ2n) is 6.21. The van der Waals surface area contributed by atoms with Crippen molar-refractivity contribution < 1.29 is 5.11 Å². The molecular weight excluding hydrogens is 294 g/mol. The van der Waals surface area contributed by atoms with Crippen molar-refractivity contribution in [3.05, 3.63) is 83.4 Å². The normalized spacial score (nSPS) is 10.7. The maximum Gasteiger partial charge on any atom is 0.0682 e. The van der Waals surface area contributed by atoms with E-state index in [1.54, 1.807) is 0 Å². The molecule has 0 aliphatic carbocycles. The summed E-state index contributed by atoms with van der Waals surface area (Å²) >= 11 is 0. The van der Waals surface area contributed by atoms with Crippen LogP contribution >= 0.6 is 0 Å². The van der Waals surface area contributed by atoms with Crippen LogP contribution in [0.15, 0.2) is 66.7 Å². The Morgan fingerprint density at radius 2 is 1.33 bits per heavy atom. The van der Waals surface area contributed by atoms with Gasteiger partial charge in [-0.2, -0.15) is 0 Å². The second-order valence-corrected chi connectivity index (χ2v) is 6.21. The van der Waals surface area contributed by atoms with Crippen molar-refractivity contribution in [2.24, 2.45) is 0 Å². The fraction of sp³-hybridized carbons (Fsp3) is 0.182. The van der Waals surface area contributed by atoms with E-state index in [1.165, 1.54) is 27.9 Å². The van der Waals surface area contributed by atoms with Crippen molar-refractivity contribution in [3.63, 3.8) is 0 Å². The van der Waals surface area contributed by atoms with Gasteiger partial charge in [-0.15, -0.1) is 0 Å². The molecule has 1 N–H and O–H groups in total. The van der Waals surface area contributed by atoms with E-state index in [0.29, 0.717) is 0 Å². The molecule has 0 aliphatic heterocycles. The predicted octanol–water partition coefficient (Wildman–Crippen LogP) is 5.23. The molecule has 2 nitrogen and oxygen atoms in total. The molecule has 0 saturated carbocycles. The number of aliphatic hydroxyl groups is 1. The average molecular weight is 317 g/mol. The lowest BCUT2D eigenvalue weighted by Gasteiger charge is -2.24. The molecule has 3 rings (SSSR count). The third-order valence-electron chi connectivity index (χ3n) is 4.43. The Balaban J connectivity index is 1.92. The van der Waals surface area contributed by atoms with Gasteiger partial charge in [0, 0.05) is 18.4 Å². The van der Waals surface area contributed by atoms with Crippen molar-refractivity contribution >= 4 is 11.4 Å². The summed E-state index contributed by atoms with van der Waals surface area (Å²) in [6.45, 7) is 4.27. The van der Waals surface area contributed by atoms with Gasteiger partial charge >= 0.3 is 0 Å². The minimum atomic E-state index is 0.0808. The SMILES string of the molecule is Cc1cc(CO)cc(C)c1N(C)c1ccc(-c2ccccc2)cc1. The van der Waals surface area contributed by atoms with E-state index < -0.39 is 0 Å². The van der Waals surface area contributed by atoms with E-state index in [-0.39, 0.29) is 6.61 Å². The van der Waals surface area contributed by atoms with Crippen LogP contribution < -0.4 is 4.90 Å². The van der Waals surface area contributed by atoms with Crippen LogP contribution in [0.4, 0.5) is 11.4 Å². The first kappa shape index (κ1) is 16.3. The van der Waals surface area contributed by atoms with Crippen LogP contribution in [0.1, 0.15) is 16.7 Å². The summed E-state index contributed by atoms with van der Waals surface area (Å²) in [5, 5.41) is 9.36. The van der Waals surface area contributed by atoms with Gasteiger partial charge in [0.2, 0.25) is 0 Å².